The highest BCUT2D eigenvalue weighted by atomic mass is 16.1. The van der Waals surface area contributed by atoms with Crippen molar-refractivity contribution in [1.82, 2.24) is 14.9 Å². The molecule has 0 amide bonds. The average Bonchev–Trinajstić information content (AvgIpc) is 2.33. The molecule has 1 aromatic heterocycles. The minimum Gasteiger partial charge on any atom is -0.369 e. The van der Waals surface area contributed by atoms with Crippen molar-refractivity contribution < 1.29 is 0 Å². The van der Waals surface area contributed by atoms with Gasteiger partial charge >= 0.3 is 0 Å². The number of anilines is 1. The Kier molecular flexibility index (Phi) is 3.43. The van der Waals surface area contributed by atoms with Crippen molar-refractivity contribution in [3.8, 4) is 11.3 Å². The molecule has 0 spiro atoms. The van der Waals surface area contributed by atoms with E-state index in [0.717, 1.165) is 5.56 Å². The Morgan fingerprint density at radius 2 is 1.94 bits per heavy atom. The smallest absolute Gasteiger partial charge is 0.257 e. The quantitative estimate of drug-likeness (QED) is 0.847. The summed E-state index contributed by atoms with van der Waals surface area (Å²) in [4.78, 5) is 20.7. The average molecular weight is 244 g/mol. The van der Waals surface area contributed by atoms with Crippen LogP contribution in [0.5, 0.6) is 0 Å². The third-order valence-corrected chi connectivity index (χ3v) is 2.56. The zero-order chi connectivity index (χ0) is 13.1. The number of benzene rings is 1. The van der Waals surface area contributed by atoms with E-state index >= 15 is 0 Å². The third kappa shape index (κ3) is 2.57. The van der Waals surface area contributed by atoms with Gasteiger partial charge in [0.2, 0.25) is 5.95 Å². The molecular weight excluding hydrogens is 228 g/mol. The number of nitrogen functional groups attached to an aromatic ring is 1. The molecule has 0 atom stereocenters. The fourth-order valence-corrected chi connectivity index (χ4v) is 1.81. The normalized spacial score (nSPS) is 10.8. The number of aromatic nitrogens is 2. The number of aromatic amines is 1. The molecule has 0 aliphatic rings. The van der Waals surface area contributed by atoms with Crippen LogP contribution in [0.15, 0.2) is 35.1 Å². The predicted molar refractivity (Wildman–Crippen MR) is 72.1 cm³/mol. The van der Waals surface area contributed by atoms with Crippen LogP contribution in [0.3, 0.4) is 0 Å². The van der Waals surface area contributed by atoms with Gasteiger partial charge in [0.15, 0.2) is 0 Å². The summed E-state index contributed by atoms with van der Waals surface area (Å²) in [5.41, 5.74) is 7.60. The van der Waals surface area contributed by atoms with Gasteiger partial charge in [0.25, 0.3) is 5.56 Å². The van der Waals surface area contributed by atoms with Crippen molar-refractivity contribution in [2.75, 3.05) is 19.8 Å². The first-order chi connectivity index (χ1) is 8.58. The zero-order valence-corrected chi connectivity index (χ0v) is 10.5. The second-order valence-electron chi connectivity index (χ2n) is 4.38. The highest BCUT2D eigenvalue weighted by molar-refractivity contribution is 5.63. The summed E-state index contributed by atoms with van der Waals surface area (Å²) in [6.07, 6.45) is 0. The maximum absolute atomic E-state index is 12.0. The van der Waals surface area contributed by atoms with Crippen molar-refractivity contribution in [2.45, 2.75) is 6.54 Å². The van der Waals surface area contributed by atoms with Gasteiger partial charge in [-0.1, -0.05) is 30.3 Å². The maximum Gasteiger partial charge on any atom is 0.257 e. The number of nitrogens with one attached hydrogen (secondary N) is 1. The molecule has 94 valence electrons. The van der Waals surface area contributed by atoms with Gasteiger partial charge < -0.3 is 10.6 Å². The Morgan fingerprint density at radius 3 is 2.56 bits per heavy atom. The molecule has 0 saturated heterocycles. The van der Waals surface area contributed by atoms with Crippen LogP contribution in [0.2, 0.25) is 0 Å². The number of hydrogen-bond donors (Lipinski definition) is 2. The molecule has 5 nitrogen and oxygen atoms in total. The van der Waals surface area contributed by atoms with E-state index in [9.17, 15) is 4.79 Å². The number of nitrogens with two attached hydrogens (primary N) is 1. The summed E-state index contributed by atoms with van der Waals surface area (Å²) in [7, 11) is 3.81. The lowest BCUT2D eigenvalue weighted by molar-refractivity contribution is 0.400. The molecule has 2 aromatic rings. The van der Waals surface area contributed by atoms with Crippen LogP contribution < -0.4 is 11.3 Å². The minimum atomic E-state index is -0.185. The van der Waals surface area contributed by atoms with Crippen LogP contribution in [0.25, 0.3) is 11.3 Å². The molecule has 0 fully saturated rings. The number of H-pyrrole nitrogens is 1. The first-order valence-electron chi connectivity index (χ1n) is 5.66. The summed E-state index contributed by atoms with van der Waals surface area (Å²) in [5.74, 6) is 0.140. The highest BCUT2D eigenvalue weighted by Gasteiger charge is 2.12. The molecule has 0 saturated carbocycles. The number of hydrogen-bond acceptors (Lipinski definition) is 4. The van der Waals surface area contributed by atoms with Crippen molar-refractivity contribution in [3.63, 3.8) is 0 Å². The number of nitrogens with zero attached hydrogens (tertiary/aromatic N) is 2. The van der Waals surface area contributed by atoms with Crippen LogP contribution in [0.4, 0.5) is 5.95 Å². The van der Waals surface area contributed by atoms with Gasteiger partial charge in [0.05, 0.1) is 11.3 Å². The lowest BCUT2D eigenvalue weighted by Gasteiger charge is -2.13. The van der Waals surface area contributed by atoms with Crippen LogP contribution in [-0.2, 0) is 6.54 Å². The second kappa shape index (κ2) is 5.01. The molecule has 0 unspecified atom stereocenters. The van der Waals surface area contributed by atoms with E-state index in [2.05, 4.69) is 9.97 Å². The Morgan fingerprint density at radius 1 is 1.28 bits per heavy atom. The SMILES string of the molecule is CN(C)Cc1c(-c2ccccc2)nc(N)[nH]c1=O. The predicted octanol–water partition coefficient (Wildman–Crippen LogP) is 1.08. The fraction of sp³-hybridized carbons (Fsp3) is 0.231. The van der Waals surface area contributed by atoms with Crippen molar-refractivity contribution in [3.05, 3.63) is 46.2 Å². The molecule has 3 N–H and O–H groups in total. The fourth-order valence-electron chi connectivity index (χ4n) is 1.81. The Bertz CT molecular complexity index is 590. The molecule has 5 heteroatoms. The van der Waals surface area contributed by atoms with Gasteiger partial charge in [-0.15, -0.1) is 0 Å². The number of rotatable bonds is 3. The van der Waals surface area contributed by atoms with E-state index in [1.54, 1.807) is 0 Å². The summed E-state index contributed by atoms with van der Waals surface area (Å²) in [6.45, 7) is 0.521. The van der Waals surface area contributed by atoms with Gasteiger partial charge in [-0.3, -0.25) is 9.78 Å². The summed E-state index contributed by atoms with van der Waals surface area (Å²) in [6, 6.07) is 9.58. The zero-order valence-electron chi connectivity index (χ0n) is 10.5. The van der Waals surface area contributed by atoms with Gasteiger partial charge in [0, 0.05) is 12.1 Å². The lowest BCUT2D eigenvalue weighted by atomic mass is 10.1. The van der Waals surface area contributed by atoms with Crippen LogP contribution in [0.1, 0.15) is 5.56 Å². The van der Waals surface area contributed by atoms with Crippen LogP contribution >= 0.6 is 0 Å². The Labute approximate surface area is 105 Å². The molecule has 1 heterocycles. The molecule has 18 heavy (non-hydrogen) atoms. The summed E-state index contributed by atoms with van der Waals surface area (Å²) < 4.78 is 0. The monoisotopic (exact) mass is 244 g/mol. The second-order valence-corrected chi connectivity index (χ2v) is 4.38. The van der Waals surface area contributed by atoms with E-state index in [-0.39, 0.29) is 11.5 Å². The molecule has 2 rings (SSSR count). The molecule has 0 aliphatic heterocycles. The first-order valence-corrected chi connectivity index (χ1v) is 5.66. The summed E-state index contributed by atoms with van der Waals surface area (Å²) >= 11 is 0. The van der Waals surface area contributed by atoms with Gasteiger partial charge in [-0.2, -0.15) is 0 Å². The van der Waals surface area contributed by atoms with Crippen molar-refractivity contribution in [2.24, 2.45) is 0 Å². The molecule has 0 aliphatic carbocycles. The van der Waals surface area contributed by atoms with Crippen molar-refractivity contribution >= 4 is 5.95 Å². The van der Waals surface area contributed by atoms with Crippen LogP contribution in [0, 0.1) is 0 Å². The molecule has 0 bridgehead atoms. The molecular formula is C13H16N4O. The Hall–Kier alpha value is -2.14. The lowest BCUT2D eigenvalue weighted by Crippen LogP contribution is -2.23. The maximum atomic E-state index is 12.0. The van der Waals surface area contributed by atoms with Crippen molar-refractivity contribution in [1.29, 1.82) is 0 Å². The summed E-state index contributed by atoms with van der Waals surface area (Å²) in [5, 5.41) is 0. The largest absolute Gasteiger partial charge is 0.369 e. The van der Waals surface area contributed by atoms with E-state index in [0.29, 0.717) is 17.8 Å². The topological polar surface area (TPSA) is 75.0 Å². The van der Waals surface area contributed by atoms with E-state index < -0.39 is 0 Å². The van der Waals surface area contributed by atoms with Crippen LogP contribution in [-0.4, -0.2) is 29.0 Å². The van der Waals surface area contributed by atoms with Gasteiger partial charge in [0.1, 0.15) is 0 Å². The molecule has 1 aromatic carbocycles. The van der Waals surface area contributed by atoms with Gasteiger partial charge in [-0.25, -0.2) is 4.98 Å². The van der Waals surface area contributed by atoms with E-state index in [4.69, 9.17) is 5.73 Å². The van der Waals surface area contributed by atoms with E-state index in [1.165, 1.54) is 0 Å². The van der Waals surface area contributed by atoms with Gasteiger partial charge in [-0.05, 0) is 14.1 Å². The first kappa shape index (κ1) is 12.3. The van der Waals surface area contributed by atoms with E-state index in [1.807, 2.05) is 49.3 Å². The Balaban J connectivity index is 2.61. The molecule has 0 radical (unpaired) electrons. The third-order valence-electron chi connectivity index (χ3n) is 2.56. The standard InChI is InChI=1S/C13H16N4O/c1-17(2)8-10-11(9-6-4-3-5-7-9)15-13(14)16-12(10)18/h3-7H,8H2,1-2H3,(H3,14,15,16,18). The highest BCUT2D eigenvalue weighted by Crippen LogP contribution is 2.19. The minimum absolute atomic E-state index is 0.140.